The molecule has 0 aliphatic carbocycles. The third-order valence-corrected chi connectivity index (χ3v) is 4.42. The van der Waals surface area contributed by atoms with E-state index < -0.39 is 0 Å². The monoisotopic (exact) mass is 397 g/mol. The van der Waals surface area contributed by atoms with Crippen molar-refractivity contribution in [2.24, 2.45) is 0 Å². The Kier molecular flexibility index (Phi) is 4.04. The van der Waals surface area contributed by atoms with Gasteiger partial charge in [0.1, 0.15) is 0 Å². The van der Waals surface area contributed by atoms with Crippen LogP contribution < -0.4 is 0 Å². The Labute approximate surface area is 152 Å². The van der Waals surface area contributed by atoms with E-state index >= 15 is 0 Å². The largest absolute Gasteiger partial charge is 0.251 e. The van der Waals surface area contributed by atoms with Crippen molar-refractivity contribution in [3.05, 3.63) is 47.0 Å². The minimum Gasteiger partial charge on any atom is -0.247 e. The summed E-state index contributed by atoms with van der Waals surface area (Å²) in [5.41, 5.74) is 3.61. The van der Waals surface area contributed by atoms with Crippen LogP contribution in [0.2, 0.25) is 0 Å². The molecule has 126 valence electrons. The van der Waals surface area contributed by atoms with Gasteiger partial charge in [-0.05, 0) is 47.5 Å². The Hall–Kier alpha value is -2.61. The van der Waals surface area contributed by atoms with Crippen molar-refractivity contribution in [3.63, 3.8) is 0 Å². The zero-order valence-electron chi connectivity index (χ0n) is 13.9. The summed E-state index contributed by atoms with van der Waals surface area (Å²) in [6.45, 7) is 4.96. The summed E-state index contributed by atoms with van der Waals surface area (Å²) < 4.78 is 4.45. The molecular formula is C17H16BrN7. The van der Waals surface area contributed by atoms with Crippen LogP contribution in [0.25, 0.3) is 28.4 Å². The van der Waals surface area contributed by atoms with Gasteiger partial charge in [0.25, 0.3) is 5.95 Å². The molecule has 0 aliphatic heterocycles. The molecule has 0 fully saturated rings. The molecule has 0 N–H and O–H groups in total. The first kappa shape index (κ1) is 15.9. The molecule has 4 heterocycles. The summed E-state index contributed by atoms with van der Waals surface area (Å²) in [4.78, 5) is 13.5. The Bertz CT molecular complexity index is 1030. The van der Waals surface area contributed by atoms with Gasteiger partial charge in [0.2, 0.25) is 0 Å². The van der Waals surface area contributed by atoms with Gasteiger partial charge in [-0.3, -0.25) is 0 Å². The maximum Gasteiger partial charge on any atom is 0.251 e. The van der Waals surface area contributed by atoms with Crippen molar-refractivity contribution in [3.8, 4) is 17.3 Å². The van der Waals surface area contributed by atoms with Gasteiger partial charge in [0.05, 0.1) is 27.8 Å². The molecule has 8 heteroatoms. The van der Waals surface area contributed by atoms with Crippen LogP contribution in [0.4, 0.5) is 0 Å². The lowest BCUT2D eigenvalue weighted by atomic mass is 10.2. The molecule has 0 amide bonds. The van der Waals surface area contributed by atoms with Crippen molar-refractivity contribution in [2.75, 3.05) is 0 Å². The molecule has 0 radical (unpaired) electrons. The van der Waals surface area contributed by atoms with E-state index in [1.807, 2.05) is 16.8 Å². The molecule has 0 aliphatic rings. The highest BCUT2D eigenvalue weighted by Gasteiger charge is 2.15. The number of halogens is 1. The fraction of sp³-hybridized carbons (Fsp3) is 0.235. The highest BCUT2D eigenvalue weighted by Crippen LogP contribution is 2.24. The molecule has 4 rings (SSSR count). The predicted octanol–water partition coefficient (Wildman–Crippen LogP) is 3.42. The molecule has 7 nitrogen and oxygen atoms in total. The minimum absolute atomic E-state index is 0.503. The van der Waals surface area contributed by atoms with E-state index in [9.17, 15) is 0 Å². The average Bonchev–Trinajstić information content (AvgIpc) is 3.26. The van der Waals surface area contributed by atoms with Crippen molar-refractivity contribution in [1.29, 1.82) is 0 Å². The van der Waals surface area contributed by atoms with Crippen LogP contribution in [0.3, 0.4) is 0 Å². The van der Waals surface area contributed by atoms with Crippen LogP contribution in [-0.2, 0) is 13.0 Å². The molecule has 4 aromatic rings. The third kappa shape index (κ3) is 2.72. The maximum atomic E-state index is 4.84. The van der Waals surface area contributed by atoms with Gasteiger partial charge < -0.3 is 0 Å². The third-order valence-electron chi connectivity index (χ3n) is 4.01. The van der Waals surface area contributed by atoms with Crippen molar-refractivity contribution in [2.45, 2.75) is 26.8 Å². The molecule has 4 aromatic heterocycles. The Morgan fingerprint density at radius 3 is 2.60 bits per heavy atom. The maximum absolute atomic E-state index is 4.84. The first-order chi connectivity index (χ1) is 12.2. The average molecular weight is 398 g/mol. The van der Waals surface area contributed by atoms with Gasteiger partial charge in [-0.25, -0.2) is 19.6 Å². The van der Waals surface area contributed by atoms with Crippen molar-refractivity contribution >= 4 is 27.0 Å². The smallest absolute Gasteiger partial charge is 0.247 e. The number of hydrogen-bond donors (Lipinski definition) is 0. The highest BCUT2D eigenvalue weighted by molar-refractivity contribution is 9.10. The normalized spacial score (nSPS) is 11.3. The molecule has 25 heavy (non-hydrogen) atoms. The number of aromatic nitrogens is 7. The Balaban J connectivity index is 1.86. The van der Waals surface area contributed by atoms with Crippen LogP contribution in [0, 0.1) is 0 Å². The van der Waals surface area contributed by atoms with E-state index in [1.54, 1.807) is 23.3 Å². The molecule has 0 aromatic carbocycles. The molecule has 0 saturated carbocycles. The standard InChI is InChI=1S/C17H16BrN7/c1-3-13-12-5-6-14(22-16(12)24(4-2)23-13)15-7-8-21-25(15)17-19-9-11(18)10-20-17/h5-10H,3-4H2,1-2H3. The van der Waals surface area contributed by atoms with Gasteiger partial charge >= 0.3 is 0 Å². The van der Waals surface area contributed by atoms with Crippen LogP contribution in [-0.4, -0.2) is 34.5 Å². The van der Waals surface area contributed by atoms with Crippen molar-refractivity contribution < 1.29 is 0 Å². The summed E-state index contributed by atoms with van der Waals surface area (Å²) in [6, 6.07) is 5.98. The van der Waals surface area contributed by atoms with Crippen LogP contribution in [0.1, 0.15) is 19.5 Å². The first-order valence-electron chi connectivity index (χ1n) is 8.10. The van der Waals surface area contributed by atoms with Crippen molar-refractivity contribution in [1.82, 2.24) is 34.5 Å². The Morgan fingerprint density at radius 1 is 1.08 bits per heavy atom. The first-order valence-corrected chi connectivity index (χ1v) is 8.89. The quantitative estimate of drug-likeness (QED) is 0.527. The lowest BCUT2D eigenvalue weighted by Gasteiger charge is -2.06. The van der Waals surface area contributed by atoms with E-state index in [2.05, 4.69) is 56.0 Å². The summed E-state index contributed by atoms with van der Waals surface area (Å²) in [6.07, 6.45) is 6.00. The fourth-order valence-corrected chi connectivity index (χ4v) is 3.02. The number of fused-ring (bicyclic) bond motifs is 1. The summed E-state index contributed by atoms with van der Waals surface area (Å²) in [7, 11) is 0. The second-order valence-electron chi connectivity index (χ2n) is 5.51. The van der Waals surface area contributed by atoms with E-state index in [-0.39, 0.29) is 0 Å². The second kappa shape index (κ2) is 6.36. The summed E-state index contributed by atoms with van der Waals surface area (Å²) in [5, 5.41) is 10.1. The second-order valence-corrected chi connectivity index (χ2v) is 6.43. The SMILES string of the molecule is CCc1nn(CC)c2nc(-c3ccnn3-c3ncc(Br)cn3)ccc12. The lowest BCUT2D eigenvalue weighted by molar-refractivity contribution is 0.664. The molecule has 0 atom stereocenters. The Morgan fingerprint density at radius 2 is 1.88 bits per heavy atom. The zero-order chi connectivity index (χ0) is 17.4. The summed E-state index contributed by atoms with van der Waals surface area (Å²) >= 11 is 3.35. The fourth-order valence-electron chi connectivity index (χ4n) is 2.81. The number of nitrogens with zero attached hydrogens (tertiary/aromatic N) is 7. The van der Waals surface area contributed by atoms with Crippen LogP contribution in [0.5, 0.6) is 0 Å². The molecule has 0 bridgehead atoms. The molecule has 0 unspecified atom stereocenters. The topological polar surface area (TPSA) is 74.3 Å². The van der Waals surface area contributed by atoms with Gasteiger partial charge in [-0.2, -0.15) is 14.9 Å². The van der Waals surface area contributed by atoms with E-state index in [1.165, 1.54) is 0 Å². The van der Waals surface area contributed by atoms with Gasteiger partial charge in [0.15, 0.2) is 5.65 Å². The van der Waals surface area contributed by atoms with E-state index in [0.717, 1.165) is 45.6 Å². The number of rotatable bonds is 4. The number of aryl methyl sites for hydroxylation is 2. The van der Waals surface area contributed by atoms with E-state index in [0.29, 0.717) is 5.95 Å². The predicted molar refractivity (Wildman–Crippen MR) is 98.4 cm³/mol. The molecule has 0 spiro atoms. The van der Waals surface area contributed by atoms with Crippen LogP contribution >= 0.6 is 15.9 Å². The molecular weight excluding hydrogens is 382 g/mol. The zero-order valence-corrected chi connectivity index (χ0v) is 15.5. The number of hydrogen-bond acceptors (Lipinski definition) is 5. The molecule has 0 saturated heterocycles. The minimum atomic E-state index is 0.503. The van der Waals surface area contributed by atoms with Gasteiger partial charge in [-0.15, -0.1) is 0 Å². The number of pyridine rings is 1. The van der Waals surface area contributed by atoms with E-state index in [4.69, 9.17) is 4.98 Å². The van der Waals surface area contributed by atoms with Gasteiger partial charge in [0, 0.05) is 24.3 Å². The van der Waals surface area contributed by atoms with Crippen LogP contribution in [0.15, 0.2) is 41.3 Å². The van der Waals surface area contributed by atoms with Gasteiger partial charge in [-0.1, -0.05) is 6.92 Å². The highest BCUT2D eigenvalue weighted by atomic mass is 79.9. The lowest BCUT2D eigenvalue weighted by Crippen LogP contribution is -2.05. The summed E-state index contributed by atoms with van der Waals surface area (Å²) in [5.74, 6) is 0.503.